The van der Waals surface area contributed by atoms with E-state index in [-0.39, 0.29) is 11.7 Å². The first-order chi connectivity index (χ1) is 8.06. The van der Waals surface area contributed by atoms with Gasteiger partial charge in [-0.3, -0.25) is 4.98 Å². The molecule has 0 spiro atoms. The zero-order chi connectivity index (χ0) is 12.4. The summed E-state index contributed by atoms with van der Waals surface area (Å²) in [6.07, 6.45) is 3.92. The molecular formula is C14H20FNO. The molecule has 17 heavy (non-hydrogen) atoms. The van der Waals surface area contributed by atoms with Crippen molar-refractivity contribution in [3.8, 4) is 0 Å². The number of nitrogens with zero attached hydrogens (tertiary/aromatic N) is 1. The van der Waals surface area contributed by atoms with Gasteiger partial charge in [-0.05, 0) is 49.1 Å². The van der Waals surface area contributed by atoms with Gasteiger partial charge in [-0.1, -0.05) is 13.8 Å². The van der Waals surface area contributed by atoms with E-state index in [4.69, 9.17) is 0 Å². The number of halogens is 1. The SMILES string of the molecule is CC1CC(C)CC(C(O)c2ccc(F)cn2)C1. The van der Waals surface area contributed by atoms with Crippen LogP contribution in [0.1, 0.15) is 44.9 Å². The molecule has 1 saturated carbocycles. The third-order valence-corrected chi connectivity index (χ3v) is 3.71. The molecule has 0 saturated heterocycles. The summed E-state index contributed by atoms with van der Waals surface area (Å²) in [5.74, 6) is 1.20. The molecular weight excluding hydrogens is 217 g/mol. The molecule has 1 fully saturated rings. The molecule has 94 valence electrons. The minimum atomic E-state index is -0.555. The Morgan fingerprint density at radius 1 is 1.24 bits per heavy atom. The van der Waals surface area contributed by atoms with Gasteiger partial charge in [0.25, 0.3) is 0 Å². The maximum absolute atomic E-state index is 12.8. The molecule has 1 aromatic rings. The van der Waals surface area contributed by atoms with E-state index in [9.17, 15) is 9.50 Å². The maximum Gasteiger partial charge on any atom is 0.141 e. The van der Waals surface area contributed by atoms with E-state index in [1.54, 1.807) is 6.07 Å². The molecule has 0 aliphatic heterocycles. The van der Waals surface area contributed by atoms with Crippen molar-refractivity contribution in [1.82, 2.24) is 4.98 Å². The molecule has 0 bridgehead atoms. The summed E-state index contributed by atoms with van der Waals surface area (Å²) < 4.78 is 12.8. The first-order valence-electron chi connectivity index (χ1n) is 6.35. The van der Waals surface area contributed by atoms with Gasteiger partial charge in [0.05, 0.1) is 18.0 Å². The highest BCUT2D eigenvalue weighted by molar-refractivity contribution is 5.09. The monoisotopic (exact) mass is 237 g/mol. The highest BCUT2D eigenvalue weighted by Crippen LogP contribution is 2.39. The number of aliphatic hydroxyl groups excluding tert-OH is 1. The van der Waals surface area contributed by atoms with Crippen molar-refractivity contribution in [2.75, 3.05) is 0 Å². The fourth-order valence-corrected chi connectivity index (χ4v) is 3.07. The van der Waals surface area contributed by atoms with Crippen LogP contribution in [0.15, 0.2) is 18.3 Å². The second-order valence-electron chi connectivity index (χ2n) is 5.52. The fourth-order valence-electron chi connectivity index (χ4n) is 3.07. The van der Waals surface area contributed by atoms with E-state index in [2.05, 4.69) is 18.8 Å². The number of rotatable bonds is 2. The number of hydrogen-bond acceptors (Lipinski definition) is 2. The molecule has 2 rings (SSSR count). The van der Waals surface area contributed by atoms with E-state index < -0.39 is 6.10 Å². The normalized spacial score (nSPS) is 31.2. The van der Waals surface area contributed by atoms with Crippen molar-refractivity contribution >= 4 is 0 Å². The van der Waals surface area contributed by atoms with Crippen LogP contribution < -0.4 is 0 Å². The molecule has 0 amide bonds. The Bertz CT molecular complexity index is 355. The van der Waals surface area contributed by atoms with Crippen LogP contribution in [0, 0.1) is 23.6 Å². The summed E-state index contributed by atoms with van der Waals surface area (Å²) in [6.45, 7) is 4.46. The Kier molecular flexibility index (Phi) is 3.77. The smallest absolute Gasteiger partial charge is 0.141 e. The Labute approximate surface area is 102 Å². The van der Waals surface area contributed by atoms with Crippen molar-refractivity contribution in [3.05, 3.63) is 29.8 Å². The van der Waals surface area contributed by atoms with Gasteiger partial charge in [-0.25, -0.2) is 4.39 Å². The number of hydrogen-bond donors (Lipinski definition) is 1. The first kappa shape index (κ1) is 12.5. The van der Waals surface area contributed by atoms with Gasteiger partial charge in [0.15, 0.2) is 0 Å². The average Bonchev–Trinajstić information content (AvgIpc) is 2.28. The fraction of sp³-hybridized carbons (Fsp3) is 0.643. The zero-order valence-electron chi connectivity index (χ0n) is 10.4. The lowest BCUT2D eigenvalue weighted by atomic mass is 9.74. The molecule has 1 aromatic heterocycles. The minimum absolute atomic E-state index is 0.256. The van der Waals surface area contributed by atoms with Crippen LogP contribution in [0.4, 0.5) is 4.39 Å². The maximum atomic E-state index is 12.8. The van der Waals surface area contributed by atoms with Gasteiger partial charge >= 0.3 is 0 Å². The molecule has 0 aromatic carbocycles. The largest absolute Gasteiger partial charge is 0.387 e. The van der Waals surface area contributed by atoms with Crippen LogP contribution in [-0.2, 0) is 0 Å². The average molecular weight is 237 g/mol. The lowest BCUT2D eigenvalue weighted by molar-refractivity contribution is 0.0521. The van der Waals surface area contributed by atoms with Gasteiger partial charge < -0.3 is 5.11 Å². The molecule has 1 N–H and O–H groups in total. The topological polar surface area (TPSA) is 33.1 Å². The van der Waals surface area contributed by atoms with Crippen molar-refractivity contribution in [2.45, 2.75) is 39.2 Å². The second-order valence-corrected chi connectivity index (χ2v) is 5.52. The van der Waals surface area contributed by atoms with Crippen LogP contribution in [-0.4, -0.2) is 10.1 Å². The molecule has 0 radical (unpaired) electrons. The van der Waals surface area contributed by atoms with Crippen LogP contribution in [0.2, 0.25) is 0 Å². The summed E-state index contributed by atoms with van der Waals surface area (Å²) in [4.78, 5) is 3.98. The molecule has 3 atom stereocenters. The minimum Gasteiger partial charge on any atom is -0.387 e. The lowest BCUT2D eigenvalue weighted by Crippen LogP contribution is -2.25. The first-order valence-corrected chi connectivity index (χ1v) is 6.35. The molecule has 1 aliphatic carbocycles. The standard InChI is InChI=1S/C14H20FNO/c1-9-5-10(2)7-11(6-9)14(17)13-4-3-12(15)8-16-13/h3-4,8-11,14,17H,5-7H2,1-2H3. The van der Waals surface area contributed by atoms with Crippen LogP contribution >= 0.6 is 0 Å². The molecule has 1 aliphatic rings. The predicted octanol–water partition coefficient (Wildman–Crippen LogP) is 3.33. The summed E-state index contributed by atoms with van der Waals surface area (Å²) in [6, 6.07) is 2.95. The van der Waals surface area contributed by atoms with Gasteiger partial charge in [0, 0.05) is 0 Å². The van der Waals surface area contributed by atoms with E-state index >= 15 is 0 Å². The summed E-state index contributed by atoms with van der Waals surface area (Å²) in [5, 5.41) is 10.3. The third kappa shape index (κ3) is 3.03. The van der Waals surface area contributed by atoms with Crippen molar-refractivity contribution in [1.29, 1.82) is 0 Å². The Morgan fingerprint density at radius 3 is 2.41 bits per heavy atom. The van der Waals surface area contributed by atoms with E-state index in [0.29, 0.717) is 17.5 Å². The highest BCUT2D eigenvalue weighted by Gasteiger charge is 2.30. The van der Waals surface area contributed by atoms with Crippen LogP contribution in [0.5, 0.6) is 0 Å². The third-order valence-electron chi connectivity index (χ3n) is 3.71. The van der Waals surface area contributed by atoms with Gasteiger partial charge in [-0.15, -0.1) is 0 Å². The Morgan fingerprint density at radius 2 is 1.88 bits per heavy atom. The van der Waals surface area contributed by atoms with Gasteiger partial charge in [-0.2, -0.15) is 0 Å². The van der Waals surface area contributed by atoms with E-state index in [1.165, 1.54) is 18.7 Å². The highest BCUT2D eigenvalue weighted by atomic mass is 19.1. The van der Waals surface area contributed by atoms with Crippen molar-refractivity contribution in [3.63, 3.8) is 0 Å². The summed E-state index contributed by atoms with van der Waals surface area (Å²) >= 11 is 0. The second kappa shape index (κ2) is 5.13. The van der Waals surface area contributed by atoms with Gasteiger partial charge in [0.1, 0.15) is 5.82 Å². The quantitative estimate of drug-likeness (QED) is 0.856. The lowest BCUT2D eigenvalue weighted by Gasteiger charge is -2.34. The predicted molar refractivity (Wildman–Crippen MR) is 64.8 cm³/mol. The molecule has 3 heteroatoms. The summed E-state index contributed by atoms with van der Waals surface area (Å²) in [5.41, 5.74) is 0.595. The van der Waals surface area contributed by atoms with Gasteiger partial charge in [0.2, 0.25) is 0 Å². The summed E-state index contributed by atoms with van der Waals surface area (Å²) in [7, 11) is 0. The zero-order valence-corrected chi connectivity index (χ0v) is 10.4. The Hall–Kier alpha value is -0.960. The van der Waals surface area contributed by atoms with Crippen molar-refractivity contribution in [2.24, 2.45) is 17.8 Å². The number of aliphatic hydroxyl groups is 1. The molecule has 3 unspecified atom stereocenters. The van der Waals surface area contributed by atoms with Crippen molar-refractivity contribution < 1.29 is 9.50 Å². The number of pyridine rings is 1. The molecule has 1 heterocycles. The Balaban J connectivity index is 2.08. The number of aromatic nitrogens is 1. The van der Waals surface area contributed by atoms with E-state index in [1.807, 2.05) is 0 Å². The molecule has 2 nitrogen and oxygen atoms in total. The van der Waals surface area contributed by atoms with Crippen LogP contribution in [0.3, 0.4) is 0 Å². The van der Waals surface area contributed by atoms with E-state index in [0.717, 1.165) is 12.8 Å². The van der Waals surface area contributed by atoms with Crippen LogP contribution in [0.25, 0.3) is 0 Å².